The highest BCUT2D eigenvalue weighted by Crippen LogP contribution is 2.28. The summed E-state index contributed by atoms with van der Waals surface area (Å²) in [4.78, 5) is 8.68. The van der Waals surface area contributed by atoms with E-state index in [-0.39, 0.29) is 12.1 Å². The molecule has 1 saturated carbocycles. The van der Waals surface area contributed by atoms with Crippen molar-refractivity contribution in [2.75, 3.05) is 17.7 Å². The van der Waals surface area contributed by atoms with Crippen molar-refractivity contribution in [1.29, 1.82) is 5.53 Å². The molecule has 1 fully saturated rings. The molecule has 0 spiro atoms. The Morgan fingerprint density at radius 3 is 2.71 bits per heavy atom. The number of nitrogens with one attached hydrogen (secondary N) is 3. The normalized spacial score (nSPS) is 19.8. The highest BCUT2D eigenvalue weighted by atomic mass is 16.5. The van der Waals surface area contributed by atoms with E-state index in [0.29, 0.717) is 17.5 Å². The van der Waals surface area contributed by atoms with Crippen LogP contribution >= 0.6 is 0 Å². The maximum atomic E-state index is 7.28. The summed E-state index contributed by atoms with van der Waals surface area (Å²) in [7, 11) is 1.62. The summed E-state index contributed by atoms with van der Waals surface area (Å²) >= 11 is 0. The van der Waals surface area contributed by atoms with Crippen LogP contribution in [0.5, 0.6) is 5.75 Å². The Morgan fingerprint density at radius 2 is 2.08 bits per heavy atom. The number of aromatic nitrogens is 2. The number of hydrogen-bond donors (Lipinski definition) is 4. The number of ether oxygens (including phenoxy) is 1. The van der Waals surface area contributed by atoms with E-state index in [4.69, 9.17) is 16.0 Å². The lowest BCUT2D eigenvalue weighted by molar-refractivity contribution is 0.415. The standard InChI is InChI=1S/C16H21N7O/c1-24-13-6-4-11(5-7-13)20-15-14(23-18)9-19-16(22-15)21-12-3-2-10(17)8-12/h4-7,9-10,12,18H,2-3,8,17H2,1H3,(H2,19,20,21,22)/t10-,12+/m0/s1. The third-order valence-electron chi connectivity index (χ3n) is 4.05. The average Bonchev–Trinajstić information content (AvgIpc) is 3.01. The van der Waals surface area contributed by atoms with Gasteiger partial charge in [0.2, 0.25) is 5.95 Å². The van der Waals surface area contributed by atoms with Crippen LogP contribution < -0.4 is 21.1 Å². The molecule has 0 amide bonds. The second-order valence-electron chi connectivity index (χ2n) is 5.81. The summed E-state index contributed by atoms with van der Waals surface area (Å²) in [5.74, 6) is 1.76. The zero-order chi connectivity index (χ0) is 16.9. The zero-order valence-corrected chi connectivity index (χ0v) is 13.5. The van der Waals surface area contributed by atoms with Gasteiger partial charge in [-0.2, -0.15) is 10.1 Å². The summed E-state index contributed by atoms with van der Waals surface area (Å²) in [6, 6.07) is 7.96. The van der Waals surface area contributed by atoms with E-state index in [0.717, 1.165) is 30.7 Å². The lowest BCUT2D eigenvalue weighted by Gasteiger charge is -2.14. The van der Waals surface area contributed by atoms with Gasteiger partial charge in [0.15, 0.2) is 5.82 Å². The predicted octanol–water partition coefficient (Wildman–Crippen LogP) is 3.18. The van der Waals surface area contributed by atoms with Crippen molar-refractivity contribution in [3.05, 3.63) is 30.5 Å². The smallest absolute Gasteiger partial charge is 0.224 e. The van der Waals surface area contributed by atoms with Gasteiger partial charge in [0.1, 0.15) is 11.4 Å². The molecule has 0 bridgehead atoms. The van der Waals surface area contributed by atoms with Crippen LogP contribution in [-0.2, 0) is 0 Å². The van der Waals surface area contributed by atoms with Gasteiger partial charge >= 0.3 is 0 Å². The summed E-state index contributed by atoms with van der Waals surface area (Å²) in [5, 5.41) is 9.94. The van der Waals surface area contributed by atoms with Gasteiger partial charge in [-0.05, 0) is 43.5 Å². The van der Waals surface area contributed by atoms with Gasteiger partial charge in [-0.25, -0.2) is 10.5 Å². The van der Waals surface area contributed by atoms with Crippen molar-refractivity contribution in [2.24, 2.45) is 10.8 Å². The molecule has 2 aromatic rings. The molecule has 1 aromatic carbocycles. The van der Waals surface area contributed by atoms with Crippen LogP contribution in [-0.4, -0.2) is 29.2 Å². The number of nitrogens with two attached hydrogens (primary N) is 1. The van der Waals surface area contributed by atoms with Crippen molar-refractivity contribution < 1.29 is 4.74 Å². The van der Waals surface area contributed by atoms with Crippen LogP contribution in [0.3, 0.4) is 0 Å². The molecule has 3 rings (SSSR count). The minimum atomic E-state index is 0.238. The number of methoxy groups -OCH3 is 1. The van der Waals surface area contributed by atoms with Crippen LogP contribution in [0.4, 0.5) is 23.1 Å². The van der Waals surface area contributed by atoms with E-state index in [1.54, 1.807) is 7.11 Å². The first kappa shape index (κ1) is 16.1. The first-order valence-corrected chi connectivity index (χ1v) is 7.85. The Labute approximate surface area is 140 Å². The summed E-state index contributed by atoms with van der Waals surface area (Å²) in [6.07, 6.45) is 4.46. The van der Waals surface area contributed by atoms with Crippen molar-refractivity contribution in [2.45, 2.75) is 31.3 Å². The van der Waals surface area contributed by atoms with E-state index < -0.39 is 0 Å². The Morgan fingerprint density at radius 1 is 1.29 bits per heavy atom. The number of rotatable bonds is 6. The molecule has 24 heavy (non-hydrogen) atoms. The quantitative estimate of drug-likeness (QED) is 0.605. The lowest BCUT2D eigenvalue weighted by atomic mass is 10.2. The van der Waals surface area contributed by atoms with E-state index in [1.807, 2.05) is 24.3 Å². The molecule has 0 unspecified atom stereocenters. The number of hydrogen-bond acceptors (Lipinski definition) is 8. The lowest BCUT2D eigenvalue weighted by Crippen LogP contribution is -2.21. The molecule has 8 heteroatoms. The largest absolute Gasteiger partial charge is 0.497 e. The second kappa shape index (κ2) is 7.22. The van der Waals surface area contributed by atoms with Crippen molar-refractivity contribution in [1.82, 2.24) is 9.97 Å². The van der Waals surface area contributed by atoms with Crippen molar-refractivity contribution in [3.63, 3.8) is 0 Å². The fraction of sp³-hybridized carbons (Fsp3) is 0.375. The topological polar surface area (TPSA) is 121 Å². The van der Waals surface area contributed by atoms with E-state index >= 15 is 0 Å². The molecule has 1 heterocycles. The maximum Gasteiger partial charge on any atom is 0.224 e. The van der Waals surface area contributed by atoms with Gasteiger partial charge in [0.05, 0.1) is 13.3 Å². The summed E-state index contributed by atoms with van der Waals surface area (Å²) in [5.41, 5.74) is 14.4. The highest BCUT2D eigenvalue weighted by Gasteiger charge is 2.22. The Balaban J connectivity index is 1.77. The Kier molecular flexibility index (Phi) is 4.85. The highest BCUT2D eigenvalue weighted by molar-refractivity contribution is 5.68. The molecule has 0 radical (unpaired) electrons. The number of benzene rings is 1. The fourth-order valence-corrected chi connectivity index (χ4v) is 2.76. The van der Waals surface area contributed by atoms with Crippen molar-refractivity contribution in [3.8, 4) is 5.75 Å². The first-order chi connectivity index (χ1) is 11.7. The summed E-state index contributed by atoms with van der Waals surface area (Å²) < 4.78 is 5.14. The third kappa shape index (κ3) is 3.77. The molecule has 5 N–H and O–H groups in total. The van der Waals surface area contributed by atoms with E-state index in [2.05, 4.69) is 25.7 Å². The summed E-state index contributed by atoms with van der Waals surface area (Å²) in [6.45, 7) is 0. The zero-order valence-electron chi connectivity index (χ0n) is 13.5. The van der Waals surface area contributed by atoms with E-state index in [1.165, 1.54) is 6.20 Å². The Bertz CT molecular complexity index is 704. The second-order valence-corrected chi connectivity index (χ2v) is 5.81. The molecular weight excluding hydrogens is 306 g/mol. The third-order valence-corrected chi connectivity index (χ3v) is 4.05. The Hall–Kier alpha value is -2.74. The van der Waals surface area contributed by atoms with Gasteiger partial charge in [0.25, 0.3) is 0 Å². The average molecular weight is 327 g/mol. The van der Waals surface area contributed by atoms with Gasteiger partial charge in [0, 0.05) is 17.8 Å². The molecule has 0 aliphatic heterocycles. The monoisotopic (exact) mass is 327 g/mol. The van der Waals surface area contributed by atoms with Crippen LogP contribution in [0.1, 0.15) is 19.3 Å². The molecule has 0 saturated heterocycles. The fourth-order valence-electron chi connectivity index (χ4n) is 2.76. The van der Waals surface area contributed by atoms with Crippen molar-refractivity contribution >= 4 is 23.1 Å². The van der Waals surface area contributed by atoms with E-state index in [9.17, 15) is 0 Å². The number of anilines is 3. The molecule has 8 nitrogen and oxygen atoms in total. The van der Waals surface area contributed by atoms with Gasteiger partial charge in [-0.1, -0.05) is 0 Å². The molecule has 2 atom stereocenters. The first-order valence-electron chi connectivity index (χ1n) is 7.85. The molecule has 126 valence electrons. The predicted molar refractivity (Wildman–Crippen MR) is 92.4 cm³/mol. The molecular formula is C16H21N7O. The number of nitrogens with zero attached hydrogens (tertiary/aromatic N) is 3. The minimum absolute atomic E-state index is 0.238. The van der Waals surface area contributed by atoms with Crippen LogP contribution in [0.25, 0.3) is 0 Å². The van der Waals surface area contributed by atoms with Crippen LogP contribution in [0.15, 0.2) is 35.6 Å². The minimum Gasteiger partial charge on any atom is -0.497 e. The molecule has 1 aliphatic carbocycles. The van der Waals surface area contributed by atoms with Gasteiger partial charge in [-0.15, -0.1) is 0 Å². The molecule has 1 aliphatic rings. The molecule has 1 aromatic heterocycles. The van der Waals surface area contributed by atoms with Gasteiger partial charge in [-0.3, -0.25) is 0 Å². The SMILES string of the molecule is COc1ccc(Nc2nc(N[C@@H]3CC[C@H](N)C3)ncc2N=N)cc1. The van der Waals surface area contributed by atoms with Gasteiger partial charge < -0.3 is 21.1 Å². The van der Waals surface area contributed by atoms with Crippen LogP contribution in [0.2, 0.25) is 0 Å². The maximum absolute atomic E-state index is 7.28. The van der Waals surface area contributed by atoms with Crippen LogP contribution in [0, 0.1) is 5.53 Å².